The van der Waals surface area contributed by atoms with Crippen LogP contribution in [0.15, 0.2) is 12.1 Å². The van der Waals surface area contributed by atoms with Crippen molar-refractivity contribution in [2.45, 2.75) is 26.3 Å². The Balaban J connectivity index is 2.78. The van der Waals surface area contributed by atoms with Crippen LogP contribution in [0, 0.1) is 0 Å². The van der Waals surface area contributed by atoms with Gasteiger partial charge in [0.15, 0.2) is 5.69 Å². The second-order valence-corrected chi connectivity index (χ2v) is 4.28. The van der Waals surface area contributed by atoms with Crippen LogP contribution in [-0.2, 0) is 4.79 Å². The summed E-state index contributed by atoms with van der Waals surface area (Å²) >= 11 is 0. The molecule has 18 heavy (non-hydrogen) atoms. The number of primary amides is 1. The molecule has 0 unspecified atom stereocenters. The van der Waals surface area contributed by atoms with E-state index in [0.717, 1.165) is 0 Å². The van der Waals surface area contributed by atoms with Crippen LogP contribution < -0.4 is 16.4 Å². The molecule has 0 saturated heterocycles. The van der Waals surface area contributed by atoms with Crippen molar-refractivity contribution in [1.82, 2.24) is 15.5 Å². The monoisotopic (exact) mass is 251 g/mol. The van der Waals surface area contributed by atoms with E-state index in [-0.39, 0.29) is 11.6 Å². The molecule has 98 valence electrons. The van der Waals surface area contributed by atoms with Crippen molar-refractivity contribution in [3.63, 3.8) is 0 Å². The largest absolute Gasteiger partial charge is 0.368 e. The van der Waals surface area contributed by atoms with Crippen LogP contribution in [0.5, 0.6) is 0 Å². The molecule has 7 nitrogen and oxygen atoms in total. The second-order valence-electron chi connectivity index (χ2n) is 4.28. The van der Waals surface area contributed by atoms with Crippen molar-refractivity contribution < 1.29 is 9.59 Å². The van der Waals surface area contributed by atoms with Gasteiger partial charge in [-0.15, -0.1) is 10.2 Å². The maximum absolute atomic E-state index is 11.4. The van der Waals surface area contributed by atoms with Crippen molar-refractivity contribution in [2.24, 2.45) is 5.73 Å². The van der Waals surface area contributed by atoms with Crippen LogP contribution in [-0.4, -0.2) is 34.1 Å². The van der Waals surface area contributed by atoms with Gasteiger partial charge in [-0.3, -0.25) is 9.59 Å². The lowest BCUT2D eigenvalue weighted by molar-refractivity contribution is -0.121. The number of hydrogen-bond acceptors (Lipinski definition) is 5. The molecule has 7 heteroatoms. The van der Waals surface area contributed by atoms with Gasteiger partial charge in [-0.1, -0.05) is 0 Å². The fourth-order valence-corrected chi connectivity index (χ4v) is 1.15. The summed E-state index contributed by atoms with van der Waals surface area (Å²) in [4.78, 5) is 22.6. The summed E-state index contributed by atoms with van der Waals surface area (Å²) in [6.45, 7) is 5.61. The molecule has 0 radical (unpaired) electrons. The zero-order valence-corrected chi connectivity index (χ0v) is 10.7. The number of rotatable bonds is 5. The Morgan fingerprint density at radius 2 is 2.00 bits per heavy atom. The molecule has 1 aromatic rings. The number of carbonyl (C=O) groups excluding carboxylic acids is 2. The van der Waals surface area contributed by atoms with E-state index in [1.165, 1.54) is 6.07 Å². The first kappa shape index (κ1) is 13.9. The molecule has 0 aliphatic rings. The summed E-state index contributed by atoms with van der Waals surface area (Å²) in [6, 6.07) is 3.10. The minimum atomic E-state index is -0.929. The first-order valence-corrected chi connectivity index (χ1v) is 5.57. The van der Waals surface area contributed by atoms with E-state index in [9.17, 15) is 9.59 Å². The van der Waals surface area contributed by atoms with Gasteiger partial charge in [0.2, 0.25) is 5.91 Å². The number of nitrogens with one attached hydrogen (secondary N) is 2. The number of nitrogens with two attached hydrogens (primary N) is 1. The summed E-state index contributed by atoms with van der Waals surface area (Å²) in [5, 5.41) is 13.0. The molecule has 0 aromatic carbocycles. The third-order valence-electron chi connectivity index (χ3n) is 2.29. The standard InChI is InChI=1S/C11H17N5O2/c1-4-13-9(17)7-5-6-8(16-15-7)14-11(2,3)10(12)18/h5-6H,4H2,1-3H3,(H2,12,18)(H,13,17)(H,14,16). The molecule has 2 amide bonds. The third-order valence-corrected chi connectivity index (χ3v) is 2.29. The van der Waals surface area contributed by atoms with Crippen LogP contribution in [0.3, 0.4) is 0 Å². The molecular formula is C11H17N5O2. The highest BCUT2D eigenvalue weighted by atomic mass is 16.2. The predicted molar refractivity (Wildman–Crippen MR) is 66.9 cm³/mol. The van der Waals surface area contributed by atoms with Gasteiger partial charge in [0, 0.05) is 6.54 Å². The molecule has 0 saturated carbocycles. The van der Waals surface area contributed by atoms with E-state index in [2.05, 4.69) is 20.8 Å². The number of hydrogen-bond donors (Lipinski definition) is 3. The van der Waals surface area contributed by atoms with Gasteiger partial charge >= 0.3 is 0 Å². The summed E-state index contributed by atoms with van der Waals surface area (Å²) < 4.78 is 0. The van der Waals surface area contributed by atoms with Crippen molar-refractivity contribution in [3.05, 3.63) is 17.8 Å². The molecule has 0 fully saturated rings. The quantitative estimate of drug-likeness (QED) is 0.677. The van der Waals surface area contributed by atoms with Crippen molar-refractivity contribution in [3.8, 4) is 0 Å². The summed E-state index contributed by atoms with van der Waals surface area (Å²) in [7, 11) is 0. The number of amides is 2. The Bertz CT molecular complexity index is 441. The molecule has 4 N–H and O–H groups in total. The first-order valence-electron chi connectivity index (χ1n) is 5.57. The lowest BCUT2D eigenvalue weighted by atomic mass is 10.1. The van der Waals surface area contributed by atoms with Gasteiger partial charge < -0.3 is 16.4 Å². The molecule has 0 aliphatic carbocycles. The van der Waals surface area contributed by atoms with Gasteiger partial charge in [0.25, 0.3) is 5.91 Å². The molecule has 0 bridgehead atoms. The van der Waals surface area contributed by atoms with E-state index in [1.54, 1.807) is 19.9 Å². The SMILES string of the molecule is CCNC(=O)c1ccc(NC(C)(C)C(N)=O)nn1. The van der Waals surface area contributed by atoms with Gasteiger partial charge in [-0.25, -0.2) is 0 Å². The second kappa shape index (κ2) is 5.44. The number of carbonyl (C=O) groups is 2. The lowest BCUT2D eigenvalue weighted by Crippen LogP contribution is -2.45. The van der Waals surface area contributed by atoms with E-state index in [0.29, 0.717) is 12.4 Å². The first-order chi connectivity index (χ1) is 8.36. The maximum Gasteiger partial charge on any atom is 0.271 e. The summed E-state index contributed by atoms with van der Waals surface area (Å²) in [5.74, 6) is -0.408. The van der Waals surface area contributed by atoms with E-state index < -0.39 is 11.4 Å². The Labute approximate surface area is 105 Å². The van der Waals surface area contributed by atoms with Gasteiger partial charge in [-0.2, -0.15) is 0 Å². The van der Waals surface area contributed by atoms with Crippen LogP contribution >= 0.6 is 0 Å². The van der Waals surface area contributed by atoms with Crippen LogP contribution in [0.25, 0.3) is 0 Å². The summed E-state index contributed by atoms with van der Waals surface area (Å²) in [5.41, 5.74) is 4.51. The van der Waals surface area contributed by atoms with E-state index >= 15 is 0 Å². The topological polar surface area (TPSA) is 110 Å². The van der Waals surface area contributed by atoms with Crippen LogP contribution in [0.2, 0.25) is 0 Å². The van der Waals surface area contributed by atoms with Gasteiger partial charge in [-0.05, 0) is 32.9 Å². The molecule has 0 aliphatic heterocycles. The normalized spacial score (nSPS) is 10.8. The number of aromatic nitrogens is 2. The third kappa shape index (κ3) is 3.41. The number of anilines is 1. The minimum absolute atomic E-state index is 0.222. The predicted octanol–water partition coefficient (Wildman–Crippen LogP) is -0.0979. The van der Waals surface area contributed by atoms with Gasteiger partial charge in [0.05, 0.1) is 0 Å². The Morgan fingerprint density at radius 3 is 2.44 bits per heavy atom. The summed E-state index contributed by atoms with van der Waals surface area (Å²) in [6.07, 6.45) is 0. The van der Waals surface area contributed by atoms with Crippen LogP contribution in [0.4, 0.5) is 5.82 Å². The molecule has 0 atom stereocenters. The Morgan fingerprint density at radius 1 is 1.33 bits per heavy atom. The van der Waals surface area contributed by atoms with Crippen molar-refractivity contribution >= 4 is 17.6 Å². The highest BCUT2D eigenvalue weighted by Crippen LogP contribution is 2.11. The molecule has 1 rings (SSSR count). The maximum atomic E-state index is 11.4. The number of nitrogens with zero attached hydrogens (tertiary/aromatic N) is 2. The zero-order chi connectivity index (χ0) is 13.8. The molecular weight excluding hydrogens is 234 g/mol. The average molecular weight is 251 g/mol. The molecule has 1 aromatic heterocycles. The minimum Gasteiger partial charge on any atom is -0.368 e. The highest BCUT2D eigenvalue weighted by molar-refractivity contribution is 5.92. The Hall–Kier alpha value is -2.18. The fourth-order valence-electron chi connectivity index (χ4n) is 1.15. The lowest BCUT2D eigenvalue weighted by Gasteiger charge is -2.22. The highest BCUT2D eigenvalue weighted by Gasteiger charge is 2.25. The smallest absolute Gasteiger partial charge is 0.271 e. The molecule has 0 spiro atoms. The fraction of sp³-hybridized carbons (Fsp3) is 0.455. The average Bonchev–Trinajstić information content (AvgIpc) is 2.29. The zero-order valence-electron chi connectivity index (χ0n) is 10.7. The van der Waals surface area contributed by atoms with Crippen molar-refractivity contribution in [1.29, 1.82) is 0 Å². The van der Waals surface area contributed by atoms with Gasteiger partial charge in [0.1, 0.15) is 11.4 Å². The van der Waals surface area contributed by atoms with Crippen LogP contribution in [0.1, 0.15) is 31.3 Å². The molecule has 1 heterocycles. The van der Waals surface area contributed by atoms with E-state index in [1.807, 2.05) is 6.92 Å². The van der Waals surface area contributed by atoms with Crippen molar-refractivity contribution in [2.75, 3.05) is 11.9 Å². The van der Waals surface area contributed by atoms with E-state index in [4.69, 9.17) is 5.73 Å². The Kier molecular flexibility index (Phi) is 4.19.